The summed E-state index contributed by atoms with van der Waals surface area (Å²) < 4.78 is 1.73. The first kappa shape index (κ1) is 15.6. The number of nitrogens with zero attached hydrogens (tertiary/aromatic N) is 2. The van der Waals surface area contributed by atoms with Gasteiger partial charge in [0.05, 0.1) is 5.54 Å². The fraction of sp³-hybridized carbons (Fsp3) is 0.500. The van der Waals surface area contributed by atoms with Crippen LogP contribution in [0.15, 0.2) is 24.3 Å². The zero-order chi connectivity index (χ0) is 16.0. The van der Waals surface area contributed by atoms with E-state index in [1.807, 2.05) is 26.8 Å². The molecule has 3 heteroatoms. The Morgan fingerprint density at radius 2 is 1.67 bits per heavy atom. The molecule has 21 heavy (non-hydrogen) atoms. The molecule has 0 bridgehead atoms. The smallest absolute Gasteiger partial charge is 0.214 e. The van der Waals surface area contributed by atoms with Crippen LogP contribution in [0.4, 0.5) is 0 Å². The van der Waals surface area contributed by atoms with E-state index in [1.165, 1.54) is 5.56 Å². The third-order valence-corrected chi connectivity index (χ3v) is 3.54. The van der Waals surface area contributed by atoms with Crippen LogP contribution in [-0.2, 0) is 11.0 Å². The molecule has 0 aliphatic carbocycles. The Bertz CT molecular complexity index is 655. The molecule has 0 unspecified atom stereocenters. The lowest BCUT2D eigenvalue weighted by atomic mass is 9.85. The van der Waals surface area contributed by atoms with E-state index in [2.05, 4.69) is 45.9 Å². The topological polar surface area (TPSA) is 38.0 Å². The second kappa shape index (κ2) is 4.90. The van der Waals surface area contributed by atoms with Crippen molar-refractivity contribution in [3.63, 3.8) is 0 Å². The molecule has 0 amide bonds. The van der Waals surface area contributed by atoms with Crippen molar-refractivity contribution >= 4 is 0 Å². The molecule has 1 aromatic heterocycles. The van der Waals surface area contributed by atoms with Crippen LogP contribution < -0.4 is 0 Å². The molecule has 0 fully saturated rings. The Morgan fingerprint density at radius 3 is 2.14 bits per heavy atom. The van der Waals surface area contributed by atoms with E-state index >= 15 is 0 Å². The van der Waals surface area contributed by atoms with E-state index in [0.717, 1.165) is 16.8 Å². The lowest BCUT2D eigenvalue weighted by Crippen LogP contribution is -2.23. The van der Waals surface area contributed by atoms with Crippen molar-refractivity contribution in [2.24, 2.45) is 0 Å². The van der Waals surface area contributed by atoms with Crippen molar-refractivity contribution in [1.82, 2.24) is 9.78 Å². The molecule has 3 nitrogen and oxygen atoms in total. The molecule has 114 valence electrons. The highest BCUT2D eigenvalue weighted by molar-refractivity contribution is 5.67. The van der Waals surface area contributed by atoms with Crippen molar-refractivity contribution in [3.05, 3.63) is 35.4 Å². The molecule has 0 saturated carbocycles. The molecular weight excluding hydrogens is 260 g/mol. The third-order valence-electron chi connectivity index (χ3n) is 3.54. The lowest BCUT2D eigenvalue weighted by Gasteiger charge is -2.22. The molecule has 0 spiro atoms. The number of aryl methyl sites for hydroxylation is 1. The summed E-state index contributed by atoms with van der Waals surface area (Å²) in [6, 6.07) is 8.27. The van der Waals surface area contributed by atoms with Gasteiger partial charge in [0, 0.05) is 11.1 Å². The highest BCUT2D eigenvalue weighted by Crippen LogP contribution is 2.40. The zero-order valence-corrected chi connectivity index (χ0v) is 14.2. The van der Waals surface area contributed by atoms with Gasteiger partial charge in [0.25, 0.3) is 0 Å². The highest BCUT2D eigenvalue weighted by Gasteiger charge is 2.31. The van der Waals surface area contributed by atoms with Gasteiger partial charge in [-0.15, -0.1) is 0 Å². The van der Waals surface area contributed by atoms with Gasteiger partial charge in [0.1, 0.15) is 5.69 Å². The van der Waals surface area contributed by atoms with Gasteiger partial charge in [0.2, 0.25) is 5.88 Å². The van der Waals surface area contributed by atoms with E-state index in [4.69, 9.17) is 5.10 Å². The van der Waals surface area contributed by atoms with Crippen LogP contribution in [0, 0.1) is 6.92 Å². The average molecular weight is 286 g/mol. The number of hydrogen-bond donors (Lipinski definition) is 1. The van der Waals surface area contributed by atoms with Gasteiger partial charge in [-0.1, -0.05) is 44.5 Å². The fourth-order valence-corrected chi connectivity index (χ4v) is 2.56. The maximum atomic E-state index is 10.7. The molecule has 1 aromatic carbocycles. The second-order valence-corrected chi connectivity index (χ2v) is 7.75. The molecule has 0 radical (unpaired) electrons. The maximum absolute atomic E-state index is 10.7. The normalized spacial score (nSPS) is 12.7. The van der Waals surface area contributed by atoms with Crippen LogP contribution in [-0.4, -0.2) is 14.9 Å². The van der Waals surface area contributed by atoms with Gasteiger partial charge >= 0.3 is 0 Å². The van der Waals surface area contributed by atoms with Crippen molar-refractivity contribution in [1.29, 1.82) is 0 Å². The quantitative estimate of drug-likeness (QED) is 0.831. The van der Waals surface area contributed by atoms with E-state index in [9.17, 15) is 5.11 Å². The second-order valence-electron chi connectivity index (χ2n) is 7.75. The predicted octanol–water partition coefficient (Wildman–Crippen LogP) is 4.62. The van der Waals surface area contributed by atoms with Gasteiger partial charge in [-0.3, -0.25) is 0 Å². The highest BCUT2D eigenvalue weighted by atomic mass is 16.3. The summed E-state index contributed by atoms with van der Waals surface area (Å²) >= 11 is 0. The van der Waals surface area contributed by atoms with Crippen molar-refractivity contribution in [2.75, 3.05) is 0 Å². The molecule has 0 atom stereocenters. The number of hydrogen-bond acceptors (Lipinski definition) is 2. The largest absolute Gasteiger partial charge is 0.493 e. The van der Waals surface area contributed by atoms with Crippen molar-refractivity contribution < 1.29 is 5.11 Å². The zero-order valence-electron chi connectivity index (χ0n) is 14.2. The van der Waals surface area contributed by atoms with Crippen LogP contribution in [0.5, 0.6) is 5.88 Å². The Hall–Kier alpha value is -1.77. The lowest BCUT2D eigenvalue weighted by molar-refractivity contribution is 0.290. The number of aromatic nitrogens is 2. The monoisotopic (exact) mass is 286 g/mol. The van der Waals surface area contributed by atoms with Crippen molar-refractivity contribution in [2.45, 2.75) is 59.4 Å². The third kappa shape index (κ3) is 2.97. The number of benzene rings is 1. The Kier molecular flexibility index (Phi) is 3.64. The first-order chi connectivity index (χ1) is 9.51. The van der Waals surface area contributed by atoms with E-state index in [1.54, 1.807) is 4.68 Å². The van der Waals surface area contributed by atoms with Crippen LogP contribution in [0.1, 0.15) is 52.7 Å². The first-order valence-electron chi connectivity index (χ1n) is 7.42. The molecule has 1 heterocycles. The summed E-state index contributed by atoms with van der Waals surface area (Å²) in [5.74, 6) is 0.270. The van der Waals surface area contributed by atoms with Gasteiger partial charge in [0.15, 0.2) is 0 Å². The summed E-state index contributed by atoms with van der Waals surface area (Å²) in [4.78, 5) is 0. The molecule has 0 saturated heterocycles. The minimum absolute atomic E-state index is 0.174. The summed E-state index contributed by atoms with van der Waals surface area (Å²) in [5, 5.41) is 15.4. The van der Waals surface area contributed by atoms with Gasteiger partial charge in [-0.05, 0) is 39.2 Å². The van der Waals surface area contributed by atoms with E-state index < -0.39 is 0 Å². The Morgan fingerprint density at radius 1 is 1.05 bits per heavy atom. The maximum Gasteiger partial charge on any atom is 0.214 e. The summed E-state index contributed by atoms with van der Waals surface area (Å²) in [5.41, 5.74) is 3.59. The van der Waals surface area contributed by atoms with E-state index in [-0.39, 0.29) is 16.8 Å². The first-order valence-corrected chi connectivity index (χ1v) is 7.42. The molecule has 0 aliphatic heterocycles. The van der Waals surface area contributed by atoms with Crippen LogP contribution in [0.2, 0.25) is 0 Å². The molecule has 1 N–H and O–H groups in total. The standard InChI is InChI=1S/C18H26N2O/c1-12-9-8-10-13(11-12)15-14(17(2,3)4)16(21)20(19-15)18(5,6)7/h8-11,21H,1-7H3. The minimum Gasteiger partial charge on any atom is -0.493 e. The molecule has 0 aliphatic rings. The van der Waals surface area contributed by atoms with Crippen molar-refractivity contribution in [3.8, 4) is 17.1 Å². The van der Waals surface area contributed by atoms with Gasteiger partial charge in [-0.25, -0.2) is 4.68 Å². The number of aromatic hydroxyl groups is 1. The van der Waals surface area contributed by atoms with Gasteiger partial charge in [-0.2, -0.15) is 5.10 Å². The summed E-state index contributed by atoms with van der Waals surface area (Å²) in [6.07, 6.45) is 0. The van der Waals surface area contributed by atoms with E-state index in [0.29, 0.717) is 0 Å². The van der Waals surface area contributed by atoms with Crippen LogP contribution in [0.3, 0.4) is 0 Å². The summed E-state index contributed by atoms with van der Waals surface area (Å²) in [6.45, 7) is 14.5. The SMILES string of the molecule is Cc1cccc(-c2nn(C(C)(C)C)c(O)c2C(C)(C)C)c1. The Labute approximate surface area is 127 Å². The molecule has 2 rings (SSSR count). The van der Waals surface area contributed by atoms with Crippen LogP contribution >= 0.6 is 0 Å². The van der Waals surface area contributed by atoms with Gasteiger partial charge < -0.3 is 5.11 Å². The summed E-state index contributed by atoms with van der Waals surface area (Å²) in [7, 11) is 0. The molecular formula is C18H26N2O. The Balaban J connectivity index is 2.76. The van der Waals surface area contributed by atoms with Crippen LogP contribution in [0.25, 0.3) is 11.3 Å². The average Bonchev–Trinajstić information content (AvgIpc) is 2.66. The minimum atomic E-state index is -0.258. The fourth-order valence-electron chi connectivity index (χ4n) is 2.56. The predicted molar refractivity (Wildman–Crippen MR) is 87.8 cm³/mol. The number of rotatable bonds is 1. The molecule has 2 aromatic rings.